The standard InChI is InChI=1S/C27H52N2O10.C22H44N2O8.C11H19NO4/c1-27(2,3)39-26(31)29-8-6-7-24(23-29)25(30)28(4)9-10-33-13-14-35-17-18-37-21-22-38-20-19-36-16-15-34-12-11-32-5;1-24(22(25)21-4-3-5-23-20-21)6-7-27-10-11-29-14-15-31-18-19-32-17-16-30-13-12-28-9-8-26-2;1-11(2,3)16-10(15)12-6-4-5-8(7-12)9(13)14/h24H,6-23H2,1-5H3;21,23H,3-20H2,1-2H3;8H,4-7H2,1-3H3,(H,13,14). The molecule has 0 saturated carbocycles. The van der Waals surface area contributed by atoms with E-state index in [2.05, 4.69) is 5.32 Å². The van der Waals surface area contributed by atoms with Gasteiger partial charge in [-0.15, -0.1) is 0 Å². The average Bonchev–Trinajstić information content (AvgIpc) is 3.59. The average molecular weight is 1260 g/mol. The predicted molar refractivity (Wildman–Crippen MR) is 323 cm³/mol. The molecule has 87 heavy (non-hydrogen) atoms. The van der Waals surface area contributed by atoms with E-state index in [1.807, 2.05) is 27.8 Å². The molecule has 0 bridgehead atoms. The number of hydrogen-bond donors (Lipinski definition) is 2. The SMILES string of the molecule is CC(C)(C)OC(=O)N1CCCC(C(=O)O)C1.COCCOCCOCCOCCOCCOCCOCCN(C)C(=O)C1CCCN(C(=O)OC(C)(C)C)C1.COCCOCCOCCOCCOCCOCCOCCN(C)C(=O)C1CCCNC1. The third-order valence-corrected chi connectivity index (χ3v) is 13.0. The Hall–Kier alpha value is -3.65. The van der Waals surface area contributed by atoms with Crippen LogP contribution in [0, 0.1) is 17.8 Å². The van der Waals surface area contributed by atoms with Crippen LogP contribution in [0.15, 0.2) is 0 Å². The summed E-state index contributed by atoms with van der Waals surface area (Å²) in [5.41, 5.74) is -1.09. The monoisotopic (exact) mass is 1260 g/mol. The highest BCUT2D eigenvalue weighted by atomic mass is 16.6. The Morgan fingerprint density at radius 1 is 0.414 bits per heavy atom. The molecule has 3 unspecified atom stereocenters. The molecule has 0 aromatic carbocycles. The summed E-state index contributed by atoms with van der Waals surface area (Å²) in [7, 11) is 6.89. The van der Waals surface area contributed by atoms with E-state index < -0.39 is 29.2 Å². The molecule has 2 N–H and O–H groups in total. The molecule has 3 aliphatic rings. The number of likely N-dealkylation sites (N-methyl/N-ethyl adjacent to an activating group) is 2. The quantitative estimate of drug-likeness (QED) is 0.0822. The van der Waals surface area contributed by atoms with E-state index in [1.54, 1.807) is 56.7 Å². The molecular formula is C60H115N5O22. The Kier molecular flexibility index (Phi) is 49.6. The first-order valence-corrected chi connectivity index (χ1v) is 31.1. The molecule has 0 aromatic rings. The van der Waals surface area contributed by atoms with Gasteiger partial charge in [-0.1, -0.05) is 0 Å². The first-order chi connectivity index (χ1) is 41.8. The number of carbonyl (C=O) groups excluding carboxylic acids is 4. The van der Waals surface area contributed by atoms with Gasteiger partial charge in [0, 0.05) is 74.1 Å². The number of nitrogens with zero attached hydrogens (tertiary/aromatic N) is 4. The van der Waals surface area contributed by atoms with E-state index in [-0.39, 0.29) is 36.3 Å². The van der Waals surface area contributed by atoms with Crippen molar-refractivity contribution in [3.05, 3.63) is 0 Å². The zero-order valence-corrected chi connectivity index (χ0v) is 54.8. The van der Waals surface area contributed by atoms with Gasteiger partial charge in [-0.25, -0.2) is 9.59 Å². The summed E-state index contributed by atoms with van der Waals surface area (Å²) < 4.78 is 85.6. The van der Waals surface area contributed by atoms with Crippen LogP contribution in [-0.4, -0.2) is 318 Å². The van der Waals surface area contributed by atoms with E-state index in [1.165, 1.54) is 4.90 Å². The molecule has 0 aliphatic carbocycles. The lowest BCUT2D eigenvalue weighted by Crippen LogP contribution is -2.47. The summed E-state index contributed by atoms with van der Waals surface area (Å²) in [6.45, 7) is 29.2. The van der Waals surface area contributed by atoms with Gasteiger partial charge in [0.15, 0.2) is 0 Å². The summed E-state index contributed by atoms with van der Waals surface area (Å²) in [6.07, 6.45) is 4.17. The number of piperidine rings is 3. The molecule has 27 heteroatoms. The van der Waals surface area contributed by atoms with Crippen molar-refractivity contribution in [2.75, 3.05) is 252 Å². The number of aliphatic carboxylic acids is 1. The lowest BCUT2D eigenvalue weighted by Gasteiger charge is -2.35. The van der Waals surface area contributed by atoms with Crippen molar-refractivity contribution >= 4 is 30.0 Å². The topological polar surface area (TPSA) is 278 Å². The summed E-state index contributed by atoms with van der Waals surface area (Å²) in [6, 6.07) is 0. The minimum absolute atomic E-state index is 0.0279. The second kappa shape index (κ2) is 53.1. The van der Waals surface area contributed by atoms with E-state index in [4.69, 9.17) is 80.9 Å². The fraction of sp³-hybridized carbons (Fsp3) is 0.917. The molecule has 3 heterocycles. The summed E-state index contributed by atoms with van der Waals surface area (Å²) in [5.74, 6) is -1.18. The van der Waals surface area contributed by atoms with Crippen LogP contribution in [0.3, 0.4) is 0 Å². The Labute approximate surface area is 519 Å². The minimum Gasteiger partial charge on any atom is -0.481 e. The Morgan fingerprint density at radius 2 is 0.690 bits per heavy atom. The van der Waals surface area contributed by atoms with Crippen molar-refractivity contribution in [1.29, 1.82) is 0 Å². The molecule has 4 amide bonds. The highest BCUT2D eigenvalue weighted by Gasteiger charge is 2.33. The Bertz CT molecular complexity index is 1710. The third-order valence-electron chi connectivity index (χ3n) is 13.0. The maximum absolute atomic E-state index is 12.8. The maximum Gasteiger partial charge on any atom is 0.410 e. The van der Waals surface area contributed by atoms with Crippen molar-refractivity contribution in [2.24, 2.45) is 17.8 Å². The molecule has 0 aromatic heterocycles. The number of methoxy groups -OCH3 is 2. The predicted octanol–water partition coefficient (Wildman–Crippen LogP) is 3.75. The first-order valence-electron chi connectivity index (χ1n) is 31.1. The second-order valence-corrected chi connectivity index (χ2v) is 22.8. The van der Waals surface area contributed by atoms with Gasteiger partial charge >= 0.3 is 18.2 Å². The molecule has 3 atom stereocenters. The number of carboxylic acids is 1. The van der Waals surface area contributed by atoms with Gasteiger partial charge in [0.05, 0.1) is 190 Å². The van der Waals surface area contributed by atoms with E-state index in [0.717, 1.165) is 45.2 Å². The summed E-state index contributed by atoms with van der Waals surface area (Å²) >= 11 is 0. The van der Waals surface area contributed by atoms with Gasteiger partial charge in [-0.05, 0) is 86.6 Å². The number of hydrogen-bond acceptors (Lipinski definition) is 22. The van der Waals surface area contributed by atoms with Crippen LogP contribution in [-0.2, 0) is 90.2 Å². The maximum atomic E-state index is 12.8. The summed E-state index contributed by atoms with van der Waals surface area (Å²) in [5, 5.41) is 12.2. The van der Waals surface area contributed by atoms with Crippen molar-refractivity contribution < 1.29 is 105 Å². The van der Waals surface area contributed by atoms with E-state index in [0.29, 0.717) is 211 Å². The van der Waals surface area contributed by atoms with Crippen LogP contribution in [0.5, 0.6) is 0 Å². The molecule has 3 aliphatic heterocycles. The molecule has 3 fully saturated rings. The molecule has 3 saturated heterocycles. The zero-order valence-electron chi connectivity index (χ0n) is 54.8. The molecule has 3 rings (SSSR count). The molecule has 0 spiro atoms. The van der Waals surface area contributed by atoms with Crippen LogP contribution >= 0.6 is 0 Å². The lowest BCUT2D eigenvalue weighted by molar-refractivity contribution is -0.143. The van der Waals surface area contributed by atoms with Gasteiger partial charge in [-0.2, -0.15) is 0 Å². The number of carbonyl (C=O) groups is 5. The fourth-order valence-electron chi connectivity index (χ4n) is 8.34. The van der Waals surface area contributed by atoms with E-state index >= 15 is 0 Å². The minimum atomic E-state index is -0.840. The lowest BCUT2D eigenvalue weighted by atomic mass is 9.97. The van der Waals surface area contributed by atoms with Gasteiger partial charge in [-0.3, -0.25) is 14.4 Å². The van der Waals surface area contributed by atoms with Gasteiger partial charge in [0.25, 0.3) is 0 Å². The number of carboxylic acid groups (broad SMARTS) is 1. The third kappa shape index (κ3) is 47.0. The first kappa shape index (κ1) is 81.4. The van der Waals surface area contributed by atoms with Gasteiger partial charge in [0.1, 0.15) is 11.2 Å². The van der Waals surface area contributed by atoms with Crippen molar-refractivity contribution in [2.45, 2.75) is 91.3 Å². The van der Waals surface area contributed by atoms with Gasteiger partial charge < -0.3 is 106 Å². The highest BCUT2D eigenvalue weighted by Crippen LogP contribution is 2.22. The van der Waals surface area contributed by atoms with Crippen LogP contribution < -0.4 is 5.32 Å². The Morgan fingerprint density at radius 3 is 0.977 bits per heavy atom. The fourth-order valence-corrected chi connectivity index (χ4v) is 8.34. The zero-order chi connectivity index (χ0) is 64.2. The number of rotatable bonds is 45. The summed E-state index contributed by atoms with van der Waals surface area (Å²) in [4.78, 5) is 66.5. The van der Waals surface area contributed by atoms with Crippen molar-refractivity contribution in [1.82, 2.24) is 24.9 Å². The molecule has 0 radical (unpaired) electrons. The molecule has 27 nitrogen and oxygen atoms in total. The Balaban J connectivity index is 0.000000705. The van der Waals surface area contributed by atoms with Crippen LogP contribution in [0.1, 0.15) is 80.1 Å². The highest BCUT2D eigenvalue weighted by molar-refractivity contribution is 5.80. The van der Waals surface area contributed by atoms with Crippen LogP contribution in [0.2, 0.25) is 0 Å². The largest absolute Gasteiger partial charge is 0.481 e. The second-order valence-electron chi connectivity index (χ2n) is 22.8. The smallest absolute Gasteiger partial charge is 0.410 e. The molecule has 512 valence electrons. The van der Waals surface area contributed by atoms with Crippen LogP contribution in [0.4, 0.5) is 9.59 Å². The normalized spacial score (nSPS) is 17.1. The van der Waals surface area contributed by atoms with E-state index in [9.17, 15) is 24.0 Å². The number of likely N-dealkylation sites (tertiary alicyclic amines) is 2. The van der Waals surface area contributed by atoms with Crippen molar-refractivity contribution in [3.8, 4) is 0 Å². The number of nitrogens with one attached hydrogen (secondary N) is 1. The van der Waals surface area contributed by atoms with Gasteiger partial charge in [0.2, 0.25) is 11.8 Å². The van der Waals surface area contributed by atoms with Crippen LogP contribution in [0.25, 0.3) is 0 Å². The number of amides is 4. The van der Waals surface area contributed by atoms with Crippen molar-refractivity contribution in [3.63, 3.8) is 0 Å². The molecular weight excluding hydrogens is 1140 g/mol. The number of ether oxygens (including phenoxy) is 16.